The van der Waals surface area contributed by atoms with Crippen molar-refractivity contribution in [1.82, 2.24) is 10.2 Å². The molecule has 0 aromatic carbocycles. The van der Waals surface area contributed by atoms with Crippen LogP contribution >= 0.6 is 0 Å². The van der Waals surface area contributed by atoms with Crippen LogP contribution in [0.15, 0.2) is 0 Å². The second-order valence-electron chi connectivity index (χ2n) is 5.95. The highest BCUT2D eigenvalue weighted by Gasteiger charge is 2.30. The van der Waals surface area contributed by atoms with Crippen LogP contribution in [0.1, 0.15) is 51.4 Å². The molecule has 0 spiro atoms. The smallest absolute Gasteiger partial charge is 0.317 e. The van der Waals surface area contributed by atoms with E-state index in [1.54, 1.807) is 4.90 Å². The van der Waals surface area contributed by atoms with Gasteiger partial charge in [0.15, 0.2) is 0 Å². The molecule has 2 rings (SSSR count). The predicted molar refractivity (Wildman–Crippen MR) is 78.2 cm³/mol. The van der Waals surface area contributed by atoms with Gasteiger partial charge >= 0.3 is 12.0 Å². The van der Waals surface area contributed by atoms with E-state index in [1.165, 1.54) is 19.3 Å². The standard InChI is InChI=1S/C15H26N2O4/c18-14(19)11-12-5-4-9-17(12)15(20)16-8-10-21-13-6-2-1-3-7-13/h12-13H,1-11H2,(H,16,20)(H,18,19). The van der Waals surface area contributed by atoms with Crippen LogP contribution in [0.5, 0.6) is 0 Å². The Morgan fingerprint density at radius 2 is 1.90 bits per heavy atom. The number of likely N-dealkylation sites (tertiary alicyclic amines) is 1. The Balaban J connectivity index is 1.63. The molecule has 120 valence electrons. The Morgan fingerprint density at radius 3 is 2.62 bits per heavy atom. The fraction of sp³-hybridized carbons (Fsp3) is 0.867. The van der Waals surface area contributed by atoms with Gasteiger partial charge in [-0.25, -0.2) is 4.79 Å². The summed E-state index contributed by atoms with van der Waals surface area (Å²) in [5, 5.41) is 11.7. The van der Waals surface area contributed by atoms with Crippen LogP contribution in [0.4, 0.5) is 4.79 Å². The van der Waals surface area contributed by atoms with Crippen LogP contribution in [-0.2, 0) is 9.53 Å². The number of carboxylic acids is 1. The number of urea groups is 1. The minimum absolute atomic E-state index is 0.0337. The van der Waals surface area contributed by atoms with Crippen molar-refractivity contribution in [2.75, 3.05) is 19.7 Å². The summed E-state index contributed by atoms with van der Waals surface area (Å²) in [5.41, 5.74) is 0. The van der Waals surface area contributed by atoms with Crippen molar-refractivity contribution in [1.29, 1.82) is 0 Å². The number of carbonyl (C=O) groups excluding carboxylic acids is 1. The number of carboxylic acid groups (broad SMARTS) is 1. The summed E-state index contributed by atoms with van der Waals surface area (Å²) in [7, 11) is 0. The van der Waals surface area contributed by atoms with E-state index in [0.29, 0.717) is 25.8 Å². The van der Waals surface area contributed by atoms with Crippen molar-refractivity contribution < 1.29 is 19.4 Å². The topological polar surface area (TPSA) is 78.9 Å². The predicted octanol–water partition coefficient (Wildman–Crippen LogP) is 1.98. The summed E-state index contributed by atoms with van der Waals surface area (Å²) in [6.45, 7) is 1.67. The average molecular weight is 298 g/mol. The van der Waals surface area contributed by atoms with Crippen molar-refractivity contribution in [3.05, 3.63) is 0 Å². The van der Waals surface area contributed by atoms with Crippen molar-refractivity contribution in [3.8, 4) is 0 Å². The molecule has 0 aromatic rings. The first-order valence-corrected chi connectivity index (χ1v) is 8.04. The Bertz CT molecular complexity index is 356. The van der Waals surface area contributed by atoms with E-state index in [0.717, 1.165) is 25.7 Å². The second kappa shape index (κ2) is 8.22. The molecule has 0 aromatic heterocycles. The first-order valence-electron chi connectivity index (χ1n) is 8.04. The third kappa shape index (κ3) is 5.19. The van der Waals surface area contributed by atoms with Gasteiger partial charge < -0.3 is 20.1 Å². The summed E-state index contributed by atoms with van der Waals surface area (Å²) in [4.78, 5) is 24.5. The number of rotatable bonds is 6. The molecule has 2 amide bonds. The molecule has 1 saturated heterocycles. The van der Waals surface area contributed by atoms with Crippen LogP contribution in [0.3, 0.4) is 0 Å². The molecule has 1 aliphatic heterocycles. The van der Waals surface area contributed by atoms with Gasteiger partial charge in [0.2, 0.25) is 0 Å². The Hall–Kier alpha value is -1.30. The first kappa shape index (κ1) is 16.1. The van der Waals surface area contributed by atoms with Crippen LogP contribution in [0.2, 0.25) is 0 Å². The average Bonchev–Trinajstić information content (AvgIpc) is 2.92. The van der Waals surface area contributed by atoms with Crippen molar-refractivity contribution >= 4 is 12.0 Å². The lowest BCUT2D eigenvalue weighted by molar-refractivity contribution is -0.137. The molecule has 6 heteroatoms. The number of nitrogens with zero attached hydrogens (tertiary/aromatic N) is 1. The number of aliphatic carboxylic acids is 1. The molecule has 21 heavy (non-hydrogen) atoms. The molecular weight excluding hydrogens is 272 g/mol. The zero-order chi connectivity index (χ0) is 15.1. The number of hydrogen-bond donors (Lipinski definition) is 2. The molecule has 1 atom stereocenters. The number of amides is 2. The molecule has 1 unspecified atom stereocenters. The molecule has 6 nitrogen and oxygen atoms in total. The van der Waals surface area contributed by atoms with Gasteiger partial charge in [0.1, 0.15) is 0 Å². The number of hydrogen-bond acceptors (Lipinski definition) is 3. The lowest BCUT2D eigenvalue weighted by atomic mass is 9.98. The maximum atomic E-state index is 12.1. The van der Waals surface area contributed by atoms with Crippen LogP contribution in [0, 0.1) is 0 Å². The van der Waals surface area contributed by atoms with Gasteiger partial charge in [-0.2, -0.15) is 0 Å². The largest absolute Gasteiger partial charge is 0.481 e. The monoisotopic (exact) mass is 298 g/mol. The molecule has 2 N–H and O–H groups in total. The van der Waals surface area contributed by atoms with Crippen molar-refractivity contribution in [2.45, 2.75) is 63.5 Å². The van der Waals surface area contributed by atoms with Gasteiger partial charge in [-0.05, 0) is 25.7 Å². The maximum absolute atomic E-state index is 12.1. The van der Waals surface area contributed by atoms with Crippen LogP contribution in [-0.4, -0.2) is 53.8 Å². The van der Waals surface area contributed by atoms with Gasteiger partial charge in [-0.1, -0.05) is 19.3 Å². The highest BCUT2D eigenvalue weighted by atomic mass is 16.5. The summed E-state index contributed by atoms with van der Waals surface area (Å²) in [6.07, 6.45) is 8.07. The molecule has 2 aliphatic rings. The van der Waals surface area contributed by atoms with Gasteiger partial charge in [0, 0.05) is 19.1 Å². The SMILES string of the molecule is O=C(O)CC1CCCN1C(=O)NCCOC1CCCCC1. The maximum Gasteiger partial charge on any atom is 0.317 e. The molecule has 1 heterocycles. The Morgan fingerprint density at radius 1 is 1.14 bits per heavy atom. The lowest BCUT2D eigenvalue weighted by Crippen LogP contribution is -2.44. The molecule has 0 bridgehead atoms. The summed E-state index contributed by atoms with van der Waals surface area (Å²) in [6, 6.07) is -0.326. The molecule has 1 aliphatic carbocycles. The summed E-state index contributed by atoms with van der Waals surface area (Å²) in [5.74, 6) is -0.847. The van der Waals surface area contributed by atoms with E-state index < -0.39 is 5.97 Å². The molecular formula is C15H26N2O4. The molecule has 0 radical (unpaired) electrons. The fourth-order valence-electron chi connectivity index (χ4n) is 3.23. The van der Waals surface area contributed by atoms with Gasteiger partial charge in [0.25, 0.3) is 0 Å². The summed E-state index contributed by atoms with van der Waals surface area (Å²) >= 11 is 0. The Labute approximate surface area is 125 Å². The number of nitrogens with one attached hydrogen (secondary N) is 1. The minimum atomic E-state index is -0.847. The van der Waals surface area contributed by atoms with E-state index in [4.69, 9.17) is 9.84 Å². The van der Waals surface area contributed by atoms with E-state index in [2.05, 4.69) is 5.32 Å². The Kier molecular flexibility index (Phi) is 6.29. The van der Waals surface area contributed by atoms with Gasteiger partial charge in [0.05, 0.1) is 19.1 Å². The van der Waals surface area contributed by atoms with E-state index in [1.807, 2.05) is 0 Å². The number of carbonyl (C=O) groups is 2. The summed E-state index contributed by atoms with van der Waals surface area (Å²) < 4.78 is 5.76. The zero-order valence-corrected chi connectivity index (χ0v) is 12.6. The molecule has 1 saturated carbocycles. The van der Waals surface area contributed by atoms with Gasteiger partial charge in [-0.15, -0.1) is 0 Å². The highest BCUT2D eigenvalue weighted by Crippen LogP contribution is 2.21. The zero-order valence-electron chi connectivity index (χ0n) is 12.6. The van der Waals surface area contributed by atoms with Crippen molar-refractivity contribution in [3.63, 3.8) is 0 Å². The third-order valence-corrected chi connectivity index (χ3v) is 4.33. The van der Waals surface area contributed by atoms with E-state index >= 15 is 0 Å². The normalized spacial score (nSPS) is 23.2. The van der Waals surface area contributed by atoms with Crippen LogP contribution in [0.25, 0.3) is 0 Å². The molecule has 2 fully saturated rings. The van der Waals surface area contributed by atoms with Gasteiger partial charge in [-0.3, -0.25) is 4.79 Å². The highest BCUT2D eigenvalue weighted by molar-refractivity contribution is 5.76. The lowest BCUT2D eigenvalue weighted by Gasteiger charge is -2.25. The fourth-order valence-corrected chi connectivity index (χ4v) is 3.23. The van der Waals surface area contributed by atoms with Crippen molar-refractivity contribution in [2.24, 2.45) is 0 Å². The van der Waals surface area contributed by atoms with E-state index in [-0.39, 0.29) is 18.5 Å². The first-order chi connectivity index (χ1) is 10.2. The number of ether oxygens (including phenoxy) is 1. The quantitative estimate of drug-likeness (QED) is 0.735. The second-order valence-corrected chi connectivity index (χ2v) is 5.95. The van der Waals surface area contributed by atoms with Crippen LogP contribution < -0.4 is 5.32 Å². The van der Waals surface area contributed by atoms with E-state index in [9.17, 15) is 9.59 Å². The minimum Gasteiger partial charge on any atom is -0.481 e. The third-order valence-electron chi connectivity index (χ3n) is 4.33.